The van der Waals surface area contributed by atoms with Crippen molar-refractivity contribution in [1.82, 2.24) is 24.5 Å². The van der Waals surface area contributed by atoms with Gasteiger partial charge in [0.1, 0.15) is 6.33 Å². The van der Waals surface area contributed by atoms with E-state index in [4.69, 9.17) is 5.73 Å². The van der Waals surface area contributed by atoms with E-state index in [1.165, 1.54) is 0 Å². The molecule has 0 aliphatic rings. The highest BCUT2D eigenvalue weighted by molar-refractivity contribution is 7.98. The molecule has 0 fully saturated rings. The number of anilines is 2. The lowest BCUT2D eigenvalue weighted by atomic mass is 10.3. The number of thioether (sulfide) groups is 1. The van der Waals surface area contributed by atoms with Crippen LogP contribution in [0.1, 0.15) is 13.3 Å². The van der Waals surface area contributed by atoms with Crippen molar-refractivity contribution in [3.63, 3.8) is 0 Å². The Morgan fingerprint density at radius 1 is 1.42 bits per heavy atom. The van der Waals surface area contributed by atoms with Crippen LogP contribution < -0.4 is 11.1 Å². The first-order chi connectivity index (χ1) is 9.22. The van der Waals surface area contributed by atoms with Crippen LogP contribution >= 0.6 is 11.8 Å². The maximum absolute atomic E-state index is 5.72. The number of hydrogen-bond donors (Lipinski definition) is 2. The highest BCUT2D eigenvalue weighted by Gasteiger charge is 2.10. The Labute approximate surface area is 116 Å². The van der Waals surface area contributed by atoms with Gasteiger partial charge < -0.3 is 11.1 Å². The molecule has 2 aromatic rings. The van der Waals surface area contributed by atoms with Crippen LogP contribution in [0.2, 0.25) is 0 Å². The van der Waals surface area contributed by atoms with Gasteiger partial charge in [0.15, 0.2) is 0 Å². The number of nitrogens with zero attached hydrogens (tertiary/aromatic N) is 5. The molecular weight excluding hydrogens is 262 g/mol. The second kappa shape index (κ2) is 6.37. The standard InChI is InChI=1S/C11H17N7S/c1-3-8(6-19-2)14-10-15-9(12)16-11(17-10)18-5-4-13-7-18/h4-5,7-8H,3,6H2,1-2H3,(H3,12,14,15,16,17). The molecule has 0 radical (unpaired) electrons. The quantitative estimate of drug-likeness (QED) is 0.820. The SMILES string of the molecule is CCC(CSC)Nc1nc(N)nc(-n2ccnc2)n1. The van der Waals surface area contributed by atoms with Crippen molar-refractivity contribution in [2.45, 2.75) is 19.4 Å². The van der Waals surface area contributed by atoms with Crippen LogP contribution in [0.15, 0.2) is 18.7 Å². The minimum atomic E-state index is 0.195. The average Bonchev–Trinajstić information content (AvgIpc) is 2.91. The molecule has 8 heteroatoms. The lowest BCUT2D eigenvalue weighted by Gasteiger charge is -2.16. The van der Waals surface area contributed by atoms with E-state index in [2.05, 4.69) is 38.4 Å². The number of imidazole rings is 1. The average molecular weight is 279 g/mol. The van der Waals surface area contributed by atoms with Crippen LogP contribution in [0.3, 0.4) is 0 Å². The van der Waals surface area contributed by atoms with Crippen molar-refractivity contribution in [2.75, 3.05) is 23.1 Å². The fraction of sp³-hybridized carbons (Fsp3) is 0.455. The molecule has 0 saturated carbocycles. The van der Waals surface area contributed by atoms with E-state index in [0.717, 1.165) is 12.2 Å². The Morgan fingerprint density at radius 3 is 2.89 bits per heavy atom. The summed E-state index contributed by atoms with van der Waals surface area (Å²) < 4.78 is 1.69. The molecule has 102 valence electrons. The first kappa shape index (κ1) is 13.6. The fourth-order valence-corrected chi connectivity index (χ4v) is 2.30. The highest BCUT2D eigenvalue weighted by Crippen LogP contribution is 2.11. The second-order valence-corrected chi connectivity index (χ2v) is 4.90. The molecule has 0 aliphatic carbocycles. The summed E-state index contributed by atoms with van der Waals surface area (Å²) in [5.41, 5.74) is 5.72. The van der Waals surface area contributed by atoms with E-state index in [9.17, 15) is 0 Å². The molecule has 0 aliphatic heterocycles. The van der Waals surface area contributed by atoms with E-state index in [1.54, 1.807) is 35.0 Å². The molecule has 2 rings (SSSR count). The summed E-state index contributed by atoms with van der Waals surface area (Å²) in [4.78, 5) is 16.5. The van der Waals surface area contributed by atoms with Crippen molar-refractivity contribution in [3.8, 4) is 5.95 Å². The van der Waals surface area contributed by atoms with Crippen LogP contribution in [-0.2, 0) is 0 Å². The summed E-state index contributed by atoms with van der Waals surface area (Å²) in [5.74, 6) is 2.14. The van der Waals surface area contributed by atoms with Gasteiger partial charge in [-0.05, 0) is 12.7 Å². The highest BCUT2D eigenvalue weighted by atomic mass is 32.2. The molecule has 1 unspecified atom stereocenters. The number of rotatable bonds is 6. The van der Waals surface area contributed by atoms with Gasteiger partial charge in [-0.25, -0.2) is 4.98 Å². The molecule has 7 nitrogen and oxygen atoms in total. The summed E-state index contributed by atoms with van der Waals surface area (Å²) in [6.07, 6.45) is 8.11. The number of nitrogens with one attached hydrogen (secondary N) is 1. The monoisotopic (exact) mass is 279 g/mol. The second-order valence-electron chi connectivity index (χ2n) is 3.99. The third-order valence-corrected chi connectivity index (χ3v) is 3.31. The van der Waals surface area contributed by atoms with Gasteiger partial charge in [0.2, 0.25) is 17.8 Å². The van der Waals surface area contributed by atoms with Gasteiger partial charge in [0.05, 0.1) is 0 Å². The smallest absolute Gasteiger partial charge is 0.241 e. The molecule has 1 atom stereocenters. The van der Waals surface area contributed by atoms with Crippen molar-refractivity contribution in [3.05, 3.63) is 18.7 Å². The van der Waals surface area contributed by atoms with Gasteiger partial charge >= 0.3 is 0 Å². The van der Waals surface area contributed by atoms with Gasteiger partial charge in [-0.15, -0.1) is 0 Å². The van der Waals surface area contributed by atoms with Crippen LogP contribution in [0.4, 0.5) is 11.9 Å². The molecule has 0 amide bonds. The van der Waals surface area contributed by atoms with Crippen molar-refractivity contribution < 1.29 is 0 Å². The zero-order chi connectivity index (χ0) is 13.7. The van der Waals surface area contributed by atoms with Gasteiger partial charge in [0, 0.05) is 24.2 Å². The van der Waals surface area contributed by atoms with Gasteiger partial charge in [-0.1, -0.05) is 6.92 Å². The third-order valence-electron chi connectivity index (χ3n) is 2.57. The summed E-state index contributed by atoms with van der Waals surface area (Å²) in [5, 5.41) is 3.28. The summed E-state index contributed by atoms with van der Waals surface area (Å²) >= 11 is 1.78. The van der Waals surface area contributed by atoms with Crippen molar-refractivity contribution in [2.24, 2.45) is 0 Å². The van der Waals surface area contributed by atoms with Crippen LogP contribution in [0.5, 0.6) is 0 Å². The van der Waals surface area contributed by atoms with Gasteiger partial charge in [-0.2, -0.15) is 26.7 Å². The minimum Gasteiger partial charge on any atom is -0.368 e. The molecule has 0 bridgehead atoms. The van der Waals surface area contributed by atoms with Crippen LogP contribution in [0, 0.1) is 0 Å². The Balaban J connectivity index is 2.21. The van der Waals surface area contributed by atoms with E-state index >= 15 is 0 Å². The zero-order valence-corrected chi connectivity index (χ0v) is 11.8. The molecule has 2 aromatic heterocycles. The first-order valence-electron chi connectivity index (χ1n) is 5.98. The van der Waals surface area contributed by atoms with E-state index in [-0.39, 0.29) is 5.95 Å². The van der Waals surface area contributed by atoms with Crippen molar-refractivity contribution in [1.29, 1.82) is 0 Å². The summed E-state index contributed by atoms with van der Waals surface area (Å²) in [7, 11) is 0. The normalized spacial score (nSPS) is 12.3. The van der Waals surface area contributed by atoms with Gasteiger partial charge in [0.25, 0.3) is 0 Å². The molecule has 0 saturated heterocycles. The van der Waals surface area contributed by atoms with Crippen LogP contribution in [0.25, 0.3) is 5.95 Å². The number of nitrogens with two attached hydrogens (primary N) is 1. The number of hydrogen-bond acceptors (Lipinski definition) is 7. The minimum absolute atomic E-state index is 0.195. The lowest BCUT2D eigenvalue weighted by molar-refractivity contribution is 0.758. The summed E-state index contributed by atoms with van der Waals surface area (Å²) in [6, 6.07) is 0.312. The molecule has 2 heterocycles. The Hall–Kier alpha value is -1.83. The molecule has 19 heavy (non-hydrogen) atoms. The van der Waals surface area contributed by atoms with E-state index in [1.807, 2.05) is 0 Å². The molecule has 3 N–H and O–H groups in total. The zero-order valence-electron chi connectivity index (χ0n) is 10.9. The van der Waals surface area contributed by atoms with Crippen LogP contribution in [-0.4, -0.2) is 42.6 Å². The van der Waals surface area contributed by atoms with E-state index < -0.39 is 0 Å². The van der Waals surface area contributed by atoms with Gasteiger partial charge in [-0.3, -0.25) is 4.57 Å². The van der Waals surface area contributed by atoms with Crippen molar-refractivity contribution >= 4 is 23.7 Å². The number of nitrogen functional groups attached to an aromatic ring is 1. The molecule has 0 spiro atoms. The maximum atomic E-state index is 5.72. The first-order valence-corrected chi connectivity index (χ1v) is 7.37. The predicted octanol–water partition coefficient (Wildman–Crippen LogP) is 1.19. The third kappa shape index (κ3) is 3.57. The maximum Gasteiger partial charge on any atom is 0.241 e. The Kier molecular flexibility index (Phi) is 4.56. The summed E-state index contributed by atoms with van der Waals surface area (Å²) in [6.45, 7) is 2.12. The largest absolute Gasteiger partial charge is 0.368 e. The Bertz CT molecular complexity index is 514. The molecule has 0 aromatic carbocycles. The predicted molar refractivity (Wildman–Crippen MR) is 77.4 cm³/mol. The molecular formula is C11H17N7S. The Morgan fingerprint density at radius 2 is 2.26 bits per heavy atom. The topological polar surface area (TPSA) is 94.5 Å². The van der Waals surface area contributed by atoms with E-state index in [0.29, 0.717) is 17.9 Å². The number of aromatic nitrogens is 5. The lowest BCUT2D eigenvalue weighted by Crippen LogP contribution is -2.23. The fourth-order valence-electron chi connectivity index (χ4n) is 1.58.